The van der Waals surface area contributed by atoms with Gasteiger partial charge < -0.3 is 10.4 Å². The van der Waals surface area contributed by atoms with E-state index in [-0.39, 0.29) is 12.5 Å². The monoisotopic (exact) mass is 299 g/mol. The number of thiophene rings is 1. The Kier molecular flexibility index (Phi) is 4.52. The molecule has 2 rings (SSSR count). The fourth-order valence-corrected chi connectivity index (χ4v) is 2.55. The van der Waals surface area contributed by atoms with Gasteiger partial charge in [-0.1, -0.05) is 11.6 Å². The second kappa shape index (κ2) is 6.14. The van der Waals surface area contributed by atoms with Crippen molar-refractivity contribution in [2.75, 3.05) is 6.54 Å². The van der Waals surface area contributed by atoms with Crippen LogP contribution in [0.5, 0.6) is 0 Å². The van der Waals surface area contributed by atoms with Crippen molar-refractivity contribution in [2.24, 2.45) is 0 Å². The highest BCUT2D eigenvalue weighted by atomic mass is 35.5. The zero-order valence-electron chi connectivity index (χ0n) is 9.77. The summed E-state index contributed by atoms with van der Waals surface area (Å²) in [7, 11) is 0. The number of halogens is 2. The summed E-state index contributed by atoms with van der Waals surface area (Å²) < 4.78 is 13.3. The number of aliphatic hydroxyl groups is 1. The van der Waals surface area contributed by atoms with Crippen LogP contribution in [0, 0.1) is 5.82 Å². The molecule has 0 aliphatic heterocycles. The van der Waals surface area contributed by atoms with Gasteiger partial charge in [0.05, 0.1) is 4.34 Å². The van der Waals surface area contributed by atoms with E-state index in [1.807, 2.05) is 0 Å². The number of hydrogen-bond acceptors (Lipinski definition) is 3. The van der Waals surface area contributed by atoms with E-state index in [0.717, 1.165) is 0 Å². The van der Waals surface area contributed by atoms with Gasteiger partial charge in [0.25, 0.3) is 5.91 Å². The van der Waals surface area contributed by atoms with Crippen molar-refractivity contribution >= 4 is 28.8 Å². The van der Waals surface area contributed by atoms with Gasteiger partial charge in [0.15, 0.2) is 0 Å². The Labute approximate surface area is 118 Å². The number of carbonyl (C=O) groups excluding carboxylic acids is 1. The van der Waals surface area contributed by atoms with Crippen LogP contribution in [0.25, 0.3) is 0 Å². The van der Waals surface area contributed by atoms with Crippen molar-refractivity contribution in [1.82, 2.24) is 5.32 Å². The van der Waals surface area contributed by atoms with Gasteiger partial charge in [-0.3, -0.25) is 4.79 Å². The fourth-order valence-electron chi connectivity index (χ4n) is 1.50. The highest BCUT2D eigenvalue weighted by Crippen LogP contribution is 2.26. The average Bonchev–Trinajstić information content (AvgIpc) is 2.83. The first kappa shape index (κ1) is 14.0. The topological polar surface area (TPSA) is 49.3 Å². The Balaban J connectivity index is 1.91. The minimum atomic E-state index is -0.804. The van der Waals surface area contributed by atoms with E-state index < -0.39 is 11.9 Å². The van der Waals surface area contributed by atoms with Crippen molar-refractivity contribution in [3.05, 3.63) is 57.0 Å². The normalized spacial score (nSPS) is 12.2. The molecule has 1 unspecified atom stereocenters. The van der Waals surface area contributed by atoms with Gasteiger partial charge >= 0.3 is 0 Å². The Morgan fingerprint density at radius 3 is 2.58 bits per heavy atom. The largest absolute Gasteiger partial charge is 0.386 e. The summed E-state index contributed by atoms with van der Waals surface area (Å²) in [5.74, 6) is -0.758. The molecular formula is C13H11ClFNO2S. The zero-order chi connectivity index (χ0) is 13.8. The van der Waals surface area contributed by atoms with E-state index in [9.17, 15) is 14.3 Å². The summed E-state index contributed by atoms with van der Waals surface area (Å²) in [5.41, 5.74) is 0.345. The van der Waals surface area contributed by atoms with Gasteiger partial charge in [0, 0.05) is 17.0 Å². The third-order valence-electron chi connectivity index (χ3n) is 2.48. The predicted octanol–water partition coefficient (Wildman–Crippen LogP) is 3.00. The van der Waals surface area contributed by atoms with Crippen LogP contribution >= 0.6 is 22.9 Å². The molecule has 2 N–H and O–H groups in total. The third-order valence-corrected chi connectivity index (χ3v) is 3.82. The Morgan fingerprint density at radius 1 is 1.32 bits per heavy atom. The first-order valence-electron chi connectivity index (χ1n) is 5.53. The van der Waals surface area contributed by atoms with E-state index in [2.05, 4.69) is 5.32 Å². The summed E-state index contributed by atoms with van der Waals surface area (Å²) in [5, 5.41) is 12.4. The van der Waals surface area contributed by atoms with Gasteiger partial charge in [-0.2, -0.15) is 0 Å². The van der Waals surface area contributed by atoms with Crippen molar-refractivity contribution in [2.45, 2.75) is 6.10 Å². The molecule has 6 heteroatoms. The number of hydrogen-bond donors (Lipinski definition) is 2. The van der Waals surface area contributed by atoms with Crippen molar-refractivity contribution in [3.63, 3.8) is 0 Å². The van der Waals surface area contributed by atoms with Crippen molar-refractivity contribution < 1.29 is 14.3 Å². The minimum Gasteiger partial charge on any atom is -0.386 e. The van der Waals surface area contributed by atoms with Crippen LogP contribution in [0.4, 0.5) is 4.39 Å². The molecular weight excluding hydrogens is 289 g/mol. The SMILES string of the molecule is O=C(NCC(O)c1ccc(Cl)s1)c1ccc(F)cc1. The first-order valence-corrected chi connectivity index (χ1v) is 6.73. The van der Waals surface area contributed by atoms with Gasteiger partial charge in [-0.15, -0.1) is 11.3 Å². The molecule has 1 heterocycles. The second-order valence-electron chi connectivity index (χ2n) is 3.87. The molecule has 100 valence electrons. The molecule has 1 atom stereocenters. The van der Waals surface area contributed by atoms with Crippen molar-refractivity contribution in [3.8, 4) is 0 Å². The molecule has 1 amide bonds. The molecule has 1 aromatic carbocycles. The number of benzene rings is 1. The molecule has 0 saturated carbocycles. The quantitative estimate of drug-likeness (QED) is 0.912. The van der Waals surface area contributed by atoms with E-state index in [4.69, 9.17) is 11.6 Å². The van der Waals surface area contributed by atoms with Crippen LogP contribution in [0.1, 0.15) is 21.3 Å². The maximum atomic E-state index is 12.7. The van der Waals surface area contributed by atoms with Gasteiger partial charge in [-0.25, -0.2) is 4.39 Å². The summed E-state index contributed by atoms with van der Waals surface area (Å²) in [6.07, 6.45) is -0.804. The fraction of sp³-hybridized carbons (Fsp3) is 0.154. The summed E-state index contributed by atoms with van der Waals surface area (Å²) in [6.45, 7) is 0.0764. The molecule has 19 heavy (non-hydrogen) atoms. The number of nitrogens with one attached hydrogen (secondary N) is 1. The van der Waals surface area contributed by atoms with E-state index in [1.165, 1.54) is 35.6 Å². The maximum absolute atomic E-state index is 12.7. The van der Waals surface area contributed by atoms with Gasteiger partial charge in [0.1, 0.15) is 11.9 Å². The predicted molar refractivity (Wildman–Crippen MR) is 73.0 cm³/mol. The third kappa shape index (κ3) is 3.76. The van der Waals surface area contributed by atoms with Crippen LogP contribution in [-0.4, -0.2) is 17.6 Å². The smallest absolute Gasteiger partial charge is 0.251 e. The molecule has 1 aromatic heterocycles. The van der Waals surface area contributed by atoms with Crippen LogP contribution in [0.3, 0.4) is 0 Å². The number of rotatable bonds is 4. The Hall–Kier alpha value is -1.43. The first-order chi connectivity index (χ1) is 9.06. The standard InChI is InChI=1S/C13H11ClFNO2S/c14-12-6-5-11(19-12)10(17)7-16-13(18)8-1-3-9(15)4-2-8/h1-6,10,17H,7H2,(H,16,18). The van der Waals surface area contributed by atoms with E-state index in [0.29, 0.717) is 14.8 Å². The molecule has 3 nitrogen and oxygen atoms in total. The summed E-state index contributed by atoms with van der Waals surface area (Å²) in [4.78, 5) is 12.4. The lowest BCUT2D eigenvalue weighted by Crippen LogP contribution is -2.28. The summed E-state index contributed by atoms with van der Waals surface area (Å²) in [6, 6.07) is 8.60. The van der Waals surface area contributed by atoms with E-state index in [1.54, 1.807) is 12.1 Å². The second-order valence-corrected chi connectivity index (χ2v) is 5.62. The molecule has 0 saturated heterocycles. The molecule has 0 radical (unpaired) electrons. The lowest BCUT2D eigenvalue weighted by molar-refractivity contribution is 0.0918. The molecule has 2 aromatic rings. The van der Waals surface area contributed by atoms with Crippen molar-refractivity contribution in [1.29, 1.82) is 0 Å². The minimum absolute atomic E-state index is 0.0764. The zero-order valence-corrected chi connectivity index (χ0v) is 11.3. The van der Waals surface area contributed by atoms with Gasteiger partial charge in [-0.05, 0) is 36.4 Å². The highest BCUT2D eigenvalue weighted by molar-refractivity contribution is 7.16. The molecule has 0 aliphatic rings. The Morgan fingerprint density at radius 2 is 2.00 bits per heavy atom. The maximum Gasteiger partial charge on any atom is 0.251 e. The number of aliphatic hydroxyl groups excluding tert-OH is 1. The summed E-state index contributed by atoms with van der Waals surface area (Å²) >= 11 is 7.02. The lowest BCUT2D eigenvalue weighted by Gasteiger charge is -2.10. The van der Waals surface area contributed by atoms with Crippen LogP contribution < -0.4 is 5.32 Å². The molecule has 0 spiro atoms. The lowest BCUT2D eigenvalue weighted by atomic mass is 10.2. The van der Waals surface area contributed by atoms with Gasteiger partial charge in [0.2, 0.25) is 0 Å². The highest BCUT2D eigenvalue weighted by Gasteiger charge is 2.12. The number of amides is 1. The van der Waals surface area contributed by atoms with Crippen LogP contribution in [0.15, 0.2) is 36.4 Å². The average molecular weight is 300 g/mol. The van der Waals surface area contributed by atoms with Crippen LogP contribution in [0.2, 0.25) is 4.34 Å². The molecule has 0 aliphatic carbocycles. The molecule has 0 fully saturated rings. The number of carbonyl (C=O) groups is 1. The van der Waals surface area contributed by atoms with E-state index >= 15 is 0 Å². The molecule has 0 bridgehead atoms. The van der Waals surface area contributed by atoms with Crippen LogP contribution in [-0.2, 0) is 0 Å². The Bertz CT molecular complexity index is 570.